The zero-order valence-corrected chi connectivity index (χ0v) is 16.6. The number of benzene rings is 3. The van der Waals surface area contributed by atoms with Gasteiger partial charge in [0, 0.05) is 22.7 Å². The van der Waals surface area contributed by atoms with Crippen LogP contribution in [0.15, 0.2) is 90.1 Å². The average Bonchev–Trinajstić information content (AvgIpc) is 2.92. The van der Waals surface area contributed by atoms with Crippen LogP contribution in [-0.4, -0.2) is 5.78 Å². The van der Waals surface area contributed by atoms with Crippen molar-refractivity contribution in [3.8, 4) is 0 Å². The van der Waals surface area contributed by atoms with Gasteiger partial charge in [-0.15, -0.1) is 0 Å². The van der Waals surface area contributed by atoms with Gasteiger partial charge in [-0.2, -0.15) is 0 Å². The monoisotopic (exact) mass is 400 g/mol. The third-order valence-electron chi connectivity index (χ3n) is 5.78. The highest BCUT2D eigenvalue weighted by molar-refractivity contribution is 6.30. The molecule has 1 aliphatic heterocycles. The molecule has 0 unspecified atom stereocenters. The van der Waals surface area contributed by atoms with Crippen LogP contribution >= 0.6 is 11.6 Å². The van der Waals surface area contributed by atoms with Gasteiger partial charge in [-0.05, 0) is 47.7 Å². The number of ketones is 1. The highest BCUT2D eigenvalue weighted by Gasteiger charge is 2.35. The van der Waals surface area contributed by atoms with Crippen LogP contribution in [0.2, 0.25) is 5.02 Å². The molecule has 2 atom stereocenters. The number of anilines is 2. The maximum atomic E-state index is 13.4. The third-order valence-corrected chi connectivity index (χ3v) is 6.04. The van der Waals surface area contributed by atoms with Crippen molar-refractivity contribution in [3.63, 3.8) is 0 Å². The fourth-order valence-electron chi connectivity index (χ4n) is 4.36. The molecule has 3 aromatic carbocycles. The van der Waals surface area contributed by atoms with E-state index < -0.39 is 0 Å². The minimum atomic E-state index is -0.206. The molecular weight excluding hydrogens is 380 g/mol. The van der Waals surface area contributed by atoms with E-state index in [2.05, 4.69) is 22.8 Å². The standard InChI is InChI=1S/C25H21ClN2O/c26-19-12-10-17(11-13-19)25-24-22(27-20-8-4-5-9-21(20)28-25)14-18(15-23(24)29)16-6-2-1-3-7-16/h1-13,18,25,27-28H,14-15H2/t18-,25-/m0/s1. The topological polar surface area (TPSA) is 41.1 Å². The summed E-state index contributed by atoms with van der Waals surface area (Å²) in [7, 11) is 0. The number of fused-ring (bicyclic) bond motifs is 1. The molecule has 2 aliphatic rings. The van der Waals surface area contributed by atoms with Crippen LogP contribution in [0.1, 0.15) is 35.9 Å². The Balaban J connectivity index is 1.61. The minimum absolute atomic E-state index is 0.186. The van der Waals surface area contributed by atoms with E-state index in [-0.39, 0.29) is 17.7 Å². The molecule has 0 bridgehead atoms. The molecule has 0 fully saturated rings. The molecule has 0 amide bonds. The molecule has 144 valence electrons. The SMILES string of the molecule is O=C1C[C@@H](c2ccccc2)CC2=C1[C@H](c1ccc(Cl)cc1)Nc1ccccc1N2. The van der Waals surface area contributed by atoms with Crippen molar-refractivity contribution in [1.82, 2.24) is 0 Å². The van der Waals surface area contributed by atoms with Gasteiger partial charge in [0.1, 0.15) is 0 Å². The van der Waals surface area contributed by atoms with Crippen LogP contribution in [0.4, 0.5) is 11.4 Å². The lowest BCUT2D eigenvalue weighted by molar-refractivity contribution is -0.116. The molecule has 29 heavy (non-hydrogen) atoms. The molecule has 3 aromatic rings. The number of carbonyl (C=O) groups excluding carboxylic acids is 1. The first kappa shape index (κ1) is 18.0. The van der Waals surface area contributed by atoms with Crippen molar-refractivity contribution in [2.75, 3.05) is 10.6 Å². The van der Waals surface area contributed by atoms with Gasteiger partial charge in [0.05, 0.1) is 17.4 Å². The smallest absolute Gasteiger partial charge is 0.163 e. The summed E-state index contributed by atoms with van der Waals surface area (Å²) in [6.07, 6.45) is 1.33. The van der Waals surface area contributed by atoms with Crippen LogP contribution in [0.3, 0.4) is 0 Å². The molecule has 1 heterocycles. The third kappa shape index (κ3) is 3.43. The number of rotatable bonds is 2. The highest BCUT2D eigenvalue weighted by Crippen LogP contribution is 2.44. The average molecular weight is 401 g/mol. The lowest BCUT2D eigenvalue weighted by atomic mass is 9.78. The number of hydrogen-bond acceptors (Lipinski definition) is 3. The molecule has 0 saturated heterocycles. The summed E-state index contributed by atoms with van der Waals surface area (Å²) in [5.41, 5.74) is 6.07. The van der Waals surface area contributed by atoms with Gasteiger partial charge >= 0.3 is 0 Å². The molecule has 1 aliphatic carbocycles. The van der Waals surface area contributed by atoms with Crippen molar-refractivity contribution in [2.45, 2.75) is 24.8 Å². The van der Waals surface area contributed by atoms with Crippen molar-refractivity contribution < 1.29 is 4.79 Å². The van der Waals surface area contributed by atoms with Crippen molar-refractivity contribution >= 4 is 28.8 Å². The summed E-state index contributed by atoms with van der Waals surface area (Å²) in [6, 6.07) is 26.0. The Labute approximate surface area is 175 Å². The van der Waals surface area contributed by atoms with Gasteiger partial charge in [0.2, 0.25) is 0 Å². The lowest BCUT2D eigenvalue weighted by Crippen LogP contribution is -2.26. The summed E-state index contributed by atoms with van der Waals surface area (Å²) >= 11 is 6.11. The van der Waals surface area contributed by atoms with E-state index in [0.29, 0.717) is 11.4 Å². The quantitative estimate of drug-likeness (QED) is 0.528. The molecule has 5 rings (SSSR count). The van der Waals surface area contributed by atoms with Crippen LogP contribution in [-0.2, 0) is 4.79 Å². The largest absolute Gasteiger partial charge is 0.372 e. The predicted octanol–water partition coefficient (Wildman–Crippen LogP) is 6.32. The predicted molar refractivity (Wildman–Crippen MR) is 118 cm³/mol. The molecule has 3 nitrogen and oxygen atoms in total. The number of carbonyl (C=O) groups is 1. The summed E-state index contributed by atoms with van der Waals surface area (Å²) in [5.74, 6) is 0.374. The number of halogens is 1. The fourth-order valence-corrected chi connectivity index (χ4v) is 4.48. The molecule has 2 N–H and O–H groups in total. The molecular formula is C25H21ClN2O. The first-order chi connectivity index (χ1) is 14.2. The number of Topliss-reactive ketones (excluding diaryl/α,β-unsaturated/α-hetero) is 1. The van der Waals surface area contributed by atoms with Gasteiger partial charge in [0.15, 0.2) is 5.78 Å². The Morgan fingerprint density at radius 3 is 2.21 bits per heavy atom. The number of allylic oxidation sites excluding steroid dienone is 1. The Hall–Kier alpha value is -3.04. The van der Waals surface area contributed by atoms with Gasteiger partial charge in [0.25, 0.3) is 0 Å². The molecule has 0 saturated carbocycles. The fraction of sp³-hybridized carbons (Fsp3) is 0.160. The van der Waals surface area contributed by atoms with Gasteiger partial charge in [-0.25, -0.2) is 0 Å². The van der Waals surface area contributed by atoms with E-state index in [0.717, 1.165) is 34.6 Å². The van der Waals surface area contributed by atoms with E-state index in [4.69, 9.17) is 11.6 Å². The molecule has 4 heteroatoms. The van der Waals surface area contributed by atoms with Crippen LogP contribution in [0.25, 0.3) is 0 Å². The van der Waals surface area contributed by atoms with Gasteiger partial charge in [-0.3, -0.25) is 4.79 Å². The van der Waals surface area contributed by atoms with E-state index in [9.17, 15) is 4.79 Å². The second-order valence-corrected chi connectivity index (χ2v) is 8.07. The minimum Gasteiger partial charge on any atom is -0.372 e. The molecule has 0 aromatic heterocycles. The zero-order chi connectivity index (χ0) is 19.8. The number of nitrogens with one attached hydrogen (secondary N) is 2. The Morgan fingerprint density at radius 2 is 1.45 bits per heavy atom. The normalized spacial score (nSPS) is 20.8. The summed E-state index contributed by atoms with van der Waals surface area (Å²) in [6.45, 7) is 0. The van der Waals surface area contributed by atoms with E-state index >= 15 is 0 Å². The van der Waals surface area contributed by atoms with Crippen LogP contribution in [0.5, 0.6) is 0 Å². The molecule has 0 spiro atoms. The summed E-state index contributed by atoms with van der Waals surface area (Å²) < 4.78 is 0. The summed E-state index contributed by atoms with van der Waals surface area (Å²) in [5, 5.41) is 7.86. The van der Waals surface area contributed by atoms with E-state index in [1.165, 1.54) is 5.56 Å². The first-order valence-corrected chi connectivity index (χ1v) is 10.3. The van der Waals surface area contributed by atoms with E-state index in [1.807, 2.05) is 66.7 Å². The van der Waals surface area contributed by atoms with Gasteiger partial charge < -0.3 is 10.6 Å². The maximum absolute atomic E-state index is 13.4. The van der Waals surface area contributed by atoms with Crippen molar-refractivity contribution in [3.05, 3.63) is 106 Å². The highest BCUT2D eigenvalue weighted by atomic mass is 35.5. The second kappa shape index (κ2) is 7.41. The number of para-hydroxylation sites is 2. The van der Waals surface area contributed by atoms with Gasteiger partial charge in [-0.1, -0.05) is 66.2 Å². The number of hydrogen-bond donors (Lipinski definition) is 2. The Kier molecular flexibility index (Phi) is 4.61. The molecule has 0 radical (unpaired) electrons. The maximum Gasteiger partial charge on any atom is 0.163 e. The van der Waals surface area contributed by atoms with Crippen molar-refractivity contribution in [2.24, 2.45) is 0 Å². The second-order valence-electron chi connectivity index (χ2n) is 7.63. The van der Waals surface area contributed by atoms with E-state index in [1.54, 1.807) is 0 Å². The van der Waals surface area contributed by atoms with Crippen molar-refractivity contribution in [1.29, 1.82) is 0 Å². The Bertz CT molecular complexity index is 1090. The van der Waals surface area contributed by atoms with Crippen LogP contribution < -0.4 is 10.6 Å². The lowest BCUT2D eigenvalue weighted by Gasteiger charge is -2.30. The Morgan fingerprint density at radius 1 is 0.759 bits per heavy atom. The first-order valence-electron chi connectivity index (χ1n) is 9.88. The summed E-state index contributed by atoms with van der Waals surface area (Å²) in [4.78, 5) is 13.4. The zero-order valence-electron chi connectivity index (χ0n) is 15.9. The van der Waals surface area contributed by atoms with Crippen LogP contribution in [0, 0.1) is 0 Å².